The Morgan fingerprint density at radius 2 is 2.00 bits per heavy atom. The molecule has 0 bridgehead atoms. The number of aromatic nitrogens is 2. The van der Waals surface area contributed by atoms with Gasteiger partial charge in [-0.1, -0.05) is 31.2 Å². The number of rotatable bonds is 4. The summed E-state index contributed by atoms with van der Waals surface area (Å²) in [6.45, 7) is 7.38. The van der Waals surface area contributed by atoms with Crippen LogP contribution in [0.4, 0.5) is 0 Å². The molecule has 2 atom stereocenters. The fourth-order valence-corrected chi connectivity index (χ4v) is 3.62. The van der Waals surface area contributed by atoms with Gasteiger partial charge in [-0.05, 0) is 32.0 Å². The van der Waals surface area contributed by atoms with Crippen LogP contribution in [0, 0.1) is 6.92 Å². The third kappa shape index (κ3) is 2.73. The Hall–Kier alpha value is -2.82. The first-order valence-electron chi connectivity index (χ1n) is 9.06. The van der Waals surface area contributed by atoms with Crippen LogP contribution in [0.15, 0.2) is 42.5 Å². The summed E-state index contributed by atoms with van der Waals surface area (Å²) in [6.07, 6.45) is 0.0962. The molecule has 0 aliphatic carbocycles. The van der Waals surface area contributed by atoms with E-state index in [1.807, 2.05) is 50.2 Å². The van der Waals surface area contributed by atoms with Gasteiger partial charge in [0.15, 0.2) is 0 Å². The largest absolute Gasteiger partial charge is 0.489 e. The molecule has 1 aromatic heterocycles. The zero-order valence-electron chi connectivity index (χ0n) is 15.3. The number of nitrogens with zero attached hydrogens (tertiary/aromatic N) is 2. The molecule has 0 unspecified atom stereocenters. The molecule has 1 N–H and O–H groups in total. The number of benzene rings is 2. The first-order chi connectivity index (χ1) is 12.6. The number of carbonyl (C=O) groups excluding carboxylic acids is 1. The molecule has 3 aromatic rings. The molecule has 0 saturated heterocycles. The molecule has 2 aromatic carbocycles. The molecule has 1 aliphatic rings. The summed E-state index contributed by atoms with van der Waals surface area (Å²) in [5.74, 6) is 1.89. The number of imidazole rings is 1. The van der Waals surface area contributed by atoms with E-state index in [0.29, 0.717) is 24.6 Å². The van der Waals surface area contributed by atoms with E-state index >= 15 is 0 Å². The van der Waals surface area contributed by atoms with Gasteiger partial charge in [-0.2, -0.15) is 0 Å². The monoisotopic (exact) mass is 349 g/mol. The van der Waals surface area contributed by atoms with Crippen molar-refractivity contribution in [2.24, 2.45) is 0 Å². The van der Waals surface area contributed by atoms with Gasteiger partial charge < -0.3 is 14.6 Å². The lowest BCUT2D eigenvalue weighted by molar-refractivity contribution is 0.0947. The Labute approximate surface area is 153 Å². The maximum atomic E-state index is 12.7. The summed E-state index contributed by atoms with van der Waals surface area (Å²) >= 11 is 0. The molecule has 5 nitrogen and oxygen atoms in total. The quantitative estimate of drug-likeness (QED) is 0.782. The Balaban J connectivity index is 1.48. The van der Waals surface area contributed by atoms with Gasteiger partial charge in [0.25, 0.3) is 5.91 Å². The zero-order valence-corrected chi connectivity index (χ0v) is 15.3. The summed E-state index contributed by atoms with van der Waals surface area (Å²) in [5, 5.41) is 3.02. The molecule has 4 rings (SSSR count). The van der Waals surface area contributed by atoms with Crippen molar-refractivity contribution in [3.8, 4) is 5.75 Å². The predicted molar refractivity (Wildman–Crippen MR) is 102 cm³/mol. The maximum Gasteiger partial charge on any atom is 0.255 e. The molecule has 0 spiro atoms. The molecule has 0 fully saturated rings. The van der Waals surface area contributed by atoms with Crippen LogP contribution >= 0.6 is 0 Å². The summed E-state index contributed by atoms with van der Waals surface area (Å²) in [7, 11) is 0. The van der Waals surface area contributed by atoms with Crippen molar-refractivity contribution < 1.29 is 9.53 Å². The second kappa shape index (κ2) is 6.48. The molecule has 134 valence electrons. The van der Waals surface area contributed by atoms with E-state index in [9.17, 15) is 4.79 Å². The Morgan fingerprint density at radius 1 is 1.19 bits per heavy atom. The second-order valence-electron chi connectivity index (χ2n) is 6.89. The fraction of sp³-hybridized carbons (Fsp3) is 0.333. The minimum atomic E-state index is -0.0924. The third-order valence-electron chi connectivity index (χ3n) is 5.25. The van der Waals surface area contributed by atoms with E-state index in [1.54, 1.807) is 0 Å². The van der Waals surface area contributed by atoms with E-state index in [-0.39, 0.29) is 12.0 Å². The average Bonchev–Trinajstić information content (AvgIpc) is 3.11. The minimum Gasteiger partial charge on any atom is -0.489 e. The number of carbonyl (C=O) groups is 1. The molecule has 0 saturated carbocycles. The van der Waals surface area contributed by atoms with Crippen LogP contribution in [0.25, 0.3) is 11.0 Å². The molecule has 2 heterocycles. The average molecular weight is 349 g/mol. The fourth-order valence-electron chi connectivity index (χ4n) is 3.62. The highest BCUT2D eigenvalue weighted by Crippen LogP contribution is 2.40. The lowest BCUT2D eigenvalue weighted by atomic mass is 9.97. The van der Waals surface area contributed by atoms with Gasteiger partial charge in [0.05, 0.1) is 16.6 Å². The van der Waals surface area contributed by atoms with Crippen LogP contribution in [0.2, 0.25) is 0 Å². The first-order valence-corrected chi connectivity index (χ1v) is 9.06. The van der Waals surface area contributed by atoms with Crippen LogP contribution in [-0.4, -0.2) is 28.1 Å². The number of para-hydroxylation sites is 3. The molecule has 5 heteroatoms. The van der Waals surface area contributed by atoms with Crippen molar-refractivity contribution in [3.05, 3.63) is 59.4 Å². The van der Waals surface area contributed by atoms with Gasteiger partial charge in [-0.25, -0.2) is 4.98 Å². The first kappa shape index (κ1) is 16.6. The smallest absolute Gasteiger partial charge is 0.255 e. The zero-order chi connectivity index (χ0) is 18.3. The highest BCUT2D eigenvalue weighted by molar-refractivity contribution is 5.97. The second-order valence-corrected chi connectivity index (χ2v) is 6.89. The number of fused-ring (bicyclic) bond motifs is 2. The summed E-state index contributed by atoms with van der Waals surface area (Å²) < 4.78 is 8.05. The molecule has 1 aliphatic heterocycles. The lowest BCUT2D eigenvalue weighted by Crippen LogP contribution is -2.28. The lowest BCUT2D eigenvalue weighted by Gasteiger charge is -2.11. The van der Waals surface area contributed by atoms with Crippen molar-refractivity contribution in [1.82, 2.24) is 14.9 Å². The third-order valence-corrected chi connectivity index (χ3v) is 5.25. The Bertz CT molecular complexity index is 977. The number of hydrogen-bond donors (Lipinski definition) is 1. The topological polar surface area (TPSA) is 56.2 Å². The number of ether oxygens (including phenoxy) is 1. The van der Waals surface area contributed by atoms with Gasteiger partial charge in [-0.3, -0.25) is 4.79 Å². The summed E-state index contributed by atoms with van der Waals surface area (Å²) in [6, 6.07) is 13.9. The Kier molecular flexibility index (Phi) is 4.15. The van der Waals surface area contributed by atoms with Gasteiger partial charge in [-0.15, -0.1) is 0 Å². The standard InChI is InChI=1S/C21H23N3O2/c1-13-14(2)26-20-16(13)7-6-8-17(20)21(25)22-11-12-24-15(3)23-18-9-4-5-10-19(18)24/h4-10,13-14H,11-12H2,1-3H3,(H,22,25)/t13-,14+/m0/s1. The van der Waals surface area contributed by atoms with Crippen molar-refractivity contribution >= 4 is 16.9 Å². The van der Waals surface area contributed by atoms with Gasteiger partial charge in [0, 0.05) is 24.6 Å². The molecule has 0 radical (unpaired) electrons. The van der Waals surface area contributed by atoms with Crippen molar-refractivity contribution in [2.75, 3.05) is 6.54 Å². The highest BCUT2D eigenvalue weighted by atomic mass is 16.5. The molecular weight excluding hydrogens is 326 g/mol. The minimum absolute atomic E-state index is 0.0924. The van der Waals surface area contributed by atoms with E-state index in [4.69, 9.17) is 4.74 Å². The number of nitrogens with one attached hydrogen (secondary N) is 1. The van der Waals surface area contributed by atoms with E-state index in [2.05, 4.69) is 27.9 Å². The van der Waals surface area contributed by atoms with Crippen LogP contribution in [-0.2, 0) is 6.54 Å². The van der Waals surface area contributed by atoms with Crippen molar-refractivity contribution in [2.45, 2.75) is 39.3 Å². The number of amides is 1. The summed E-state index contributed by atoms with van der Waals surface area (Å²) in [4.78, 5) is 17.2. The maximum absolute atomic E-state index is 12.7. The normalized spacial score (nSPS) is 18.6. The SMILES string of the molecule is Cc1nc2ccccc2n1CCNC(=O)c1cccc2c1O[C@H](C)[C@@H]2C. The van der Waals surface area contributed by atoms with Crippen molar-refractivity contribution in [1.29, 1.82) is 0 Å². The van der Waals surface area contributed by atoms with E-state index < -0.39 is 0 Å². The number of aryl methyl sites for hydroxylation is 1. The van der Waals surface area contributed by atoms with Crippen LogP contribution in [0.5, 0.6) is 5.75 Å². The Morgan fingerprint density at radius 3 is 2.85 bits per heavy atom. The van der Waals surface area contributed by atoms with Gasteiger partial charge >= 0.3 is 0 Å². The predicted octanol–water partition coefficient (Wildman–Crippen LogP) is 3.66. The van der Waals surface area contributed by atoms with E-state index in [0.717, 1.165) is 28.2 Å². The van der Waals surface area contributed by atoms with Gasteiger partial charge in [0.1, 0.15) is 17.7 Å². The van der Waals surface area contributed by atoms with Gasteiger partial charge in [0.2, 0.25) is 0 Å². The number of hydrogen-bond acceptors (Lipinski definition) is 3. The molecular formula is C21H23N3O2. The van der Waals surface area contributed by atoms with Crippen LogP contribution in [0.3, 0.4) is 0 Å². The highest BCUT2D eigenvalue weighted by Gasteiger charge is 2.30. The van der Waals surface area contributed by atoms with Crippen LogP contribution in [0.1, 0.15) is 41.5 Å². The van der Waals surface area contributed by atoms with Crippen molar-refractivity contribution in [3.63, 3.8) is 0 Å². The summed E-state index contributed by atoms with van der Waals surface area (Å²) in [5.41, 5.74) is 3.80. The van der Waals surface area contributed by atoms with E-state index in [1.165, 1.54) is 0 Å². The van der Waals surface area contributed by atoms with Crippen LogP contribution < -0.4 is 10.1 Å². The molecule has 26 heavy (non-hydrogen) atoms. The molecule has 1 amide bonds.